The van der Waals surface area contributed by atoms with E-state index in [9.17, 15) is 23.1 Å². The highest BCUT2D eigenvalue weighted by Crippen LogP contribution is 2.40. The largest absolute Gasteiger partial charge is 0.573 e. The molecular formula is C18H13BrF3NO4. The van der Waals surface area contributed by atoms with Gasteiger partial charge in [0.15, 0.2) is 11.5 Å². The summed E-state index contributed by atoms with van der Waals surface area (Å²) in [4.78, 5) is 12.3. The van der Waals surface area contributed by atoms with Gasteiger partial charge >= 0.3 is 6.36 Å². The van der Waals surface area contributed by atoms with Crippen molar-refractivity contribution in [3.05, 3.63) is 45.9 Å². The number of ether oxygens (including phenoxy) is 2. The predicted octanol–water partition coefficient (Wildman–Crippen LogP) is 4.94. The van der Waals surface area contributed by atoms with Crippen molar-refractivity contribution >= 4 is 39.2 Å². The van der Waals surface area contributed by atoms with Crippen LogP contribution < -0.4 is 14.8 Å². The molecule has 0 aromatic heterocycles. The highest BCUT2D eigenvalue weighted by atomic mass is 79.9. The van der Waals surface area contributed by atoms with E-state index in [4.69, 9.17) is 4.74 Å². The Morgan fingerprint density at radius 3 is 2.67 bits per heavy atom. The number of amides is 1. The summed E-state index contributed by atoms with van der Waals surface area (Å²) in [6.07, 6.45) is -3.34. The number of anilines is 1. The van der Waals surface area contributed by atoms with Crippen molar-refractivity contribution in [3.63, 3.8) is 0 Å². The van der Waals surface area contributed by atoms with Gasteiger partial charge in [-0.25, -0.2) is 0 Å². The van der Waals surface area contributed by atoms with E-state index in [1.807, 2.05) is 0 Å². The van der Waals surface area contributed by atoms with E-state index in [1.54, 1.807) is 13.0 Å². The average molecular weight is 444 g/mol. The number of rotatable bonds is 4. The molecule has 5 nitrogen and oxygen atoms in total. The first-order chi connectivity index (χ1) is 12.7. The van der Waals surface area contributed by atoms with Crippen molar-refractivity contribution in [3.8, 4) is 17.2 Å². The van der Waals surface area contributed by atoms with Crippen LogP contribution in [0.2, 0.25) is 0 Å². The summed E-state index contributed by atoms with van der Waals surface area (Å²) >= 11 is 3.20. The number of nitrogens with one attached hydrogen (secondary N) is 1. The molecule has 1 heterocycles. The van der Waals surface area contributed by atoms with Gasteiger partial charge in [0, 0.05) is 16.8 Å². The molecule has 0 atom stereocenters. The van der Waals surface area contributed by atoms with Gasteiger partial charge in [0.05, 0.1) is 11.1 Å². The first-order valence-corrected chi connectivity index (χ1v) is 8.55. The average Bonchev–Trinajstić information content (AvgIpc) is 2.86. The molecule has 0 radical (unpaired) electrons. The number of hydrogen-bond donors (Lipinski definition) is 2. The number of alkyl halides is 3. The van der Waals surface area contributed by atoms with E-state index in [-0.39, 0.29) is 22.6 Å². The molecule has 142 valence electrons. The molecule has 2 aromatic rings. The fourth-order valence-electron chi connectivity index (χ4n) is 2.62. The molecule has 0 saturated carbocycles. The van der Waals surface area contributed by atoms with Crippen LogP contribution in [0.1, 0.15) is 18.1 Å². The number of benzene rings is 2. The van der Waals surface area contributed by atoms with Crippen LogP contribution in [0.15, 0.2) is 34.8 Å². The normalized spacial score (nSPS) is 14.9. The van der Waals surface area contributed by atoms with Gasteiger partial charge in [0.25, 0.3) is 5.91 Å². The quantitative estimate of drug-likeness (QED) is 0.656. The van der Waals surface area contributed by atoms with Gasteiger partial charge in [0.2, 0.25) is 0 Å². The minimum atomic E-state index is -4.83. The fourth-order valence-corrected chi connectivity index (χ4v) is 3.08. The molecule has 1 aliphatic heterocycles. The Morgan fingerprint density at radius 1 is 1.26 bits per heavy atom. The zero-order valence-electron chi connectivity index (χ0n) is 13.9. The first-order valence-electron chi connectivity index (χ1n) is 7.76. The molecule has 0 unspecified atom stereocenters. The Balaban J connectivity index is 2.04. The third-order valence-electron chi connectivity index (χ3n) is 3.67. The fraction of sp³-hybridized carbons (Fsp3) is 0.167. The van der Waals surface area contributed by atoms with E-state index >= 15 is 0 Å². The van der Waals surface area contributed by atoms with Crippen LogP contribution in [0.3, 0.4) is 0 Å². The van der Waals surface area contributed by atoms with E-state index in [2.05, 4.69) is 26.0 Å². The maximum Gasteiger partial charge on any atom is 0.573 e. The number of carbonyl (C=O) groups is 1. The monoisotopic (exact) mass is 443 g/mol. The minimum absolute atomic E-state index is 0.0869. The maximum absolute atomic E-state index is 12.5. The van der Waals surface area contributed by atoms with Crippen LogP contribution >= 0.6 is 15.9 Å². The Kier molecular flexibility index (Phi) is 5.05. The molecule has 0 saturated heterocycles. The van der Waals surface area contributed by atoms with Crippen LogP contribution in [0.5, 0.6) is 17.2 Å². The van der Waals surface area contributed by atoms with E-state index in [1.165, 1.54) is 18.2 Å². The molecule has 0 fully saturated rings. The second-order valence-electron chi connectivity index (χ2n) is 5.55. The van der Waals surface area contributed by atoms with Crippen molar-refractivity contribution in [2.24, 2.45) is 0 Å². The van der Waals surface area contributed by atoms with Crippen molar-refractivity contribution in [2.75, 3.05) is 11.9 Å². The zero-order chi connectivity index (χ0) is 19.8. The second kappa shape index (κ2) is 7.15. The SMILES string of the molecule is CCOc1cc(/C=C2\C(=O)Nc3ccc(OC(F)(F)F)cc32)cc(Br)c1O. The van der Waals surface area contributed by atoms with E-state index < -0.39 is 18.0 Å². The molecular weight excluding hydrogens is 431 g/mol. The summed E-state index contributed by atoms with van der Waals surface area (Å²) in [5.41, 5.74) is 1.34. The lowest BCUT2D eigenvalue weighted by Gasteiger charge is -2.10. The molecule has 27 heavy (non-hydrogen) atoms. The third-order valence-corrected chi connectivity index (χ3v) is 4.27. The number of carbonyl (C=O) groups excluding carboxylic acids is 1. The van der Waals surface area contributed by atoms with Gasteiger partial charge < -0.3 is 19.9 Å². The van der Waals surface area contributed by atoms with Crippen molar-refractivity contribution in [1.82, 2.24) is 0 Å². The van der Waals surface area contributed by atoms with Gasteiger partial charge in [-0.2, -0.15) is 0 Å². The van der Waals surface area contributed by atoms with Crippen molar-refractivity contribution in [2.45, 2.75) is 13.3 Å². The third kappa shape index (κ3) is 4.19. The van der Waals surface area contributed by atoms with Crippen LogP contribution in [-0.4, -0.2) is 24.0 Å². The Labute approximate surface area is 160 Å². The molecule has 2 N–H and O–H groups in total. The van der Waals surface area contributed by atoms with Gasteiger partial charge in [0.1, 0.15) is 5.75 Å². The number of aromatic hydroxyl groups is 1. The smallest absolute Gasteiger partial charge is 0.503 e. The summed E-state index contributed by atoms with van der Waals surface area (Å²) in [6.45, 7) is 2.07. The van der Waals surface area contributed by atoms with Crippen LogP contribution in [0.4, 0.5) is 18.9 Å². The molecule has 9 heteroatoms. The number of halogens is 4. The Bertz CT molecular complexity index is 941. The van der Waals surface area contributed by atoms with E-state index in [0.717, 1.165) is 12.1 Å². The van der Waals surface area contributed by atoms with Crippen molar-refractivity contribution < 1.29 is 32.5 Å². The van der Waals surface area contributed by atoms with Gasteiger partial charge in [-0.1, -0.05) is 0 Å². The van der Waals surface area contributed by atoms with Gasteiger partial charge in [-0.3, -0.25) is 4.79 Å². The number of phenols is 1. The topological polar surface area (TPSA) is 67.8 Å². The second-order valence-corrected chi connectivity index (χ2v) is 6.40. The molecule has 0 spiro atoms. The number of hydrogen-bond acceptors (Lipinski definition) is 4. The number of phenolic OH excluding ortho intramolecular Hbond substituents is 1. The lowest BCUT2D eigenvalue weighted by atomic mass is 10.0. The standard InChI is InChI=1S/C18H13BrF3NO4/c1-2-26-15-7-9(6-13(19)16(15)24)5-12-11-8-10(27-18(20,21)22)3-4-14(11)23-17(12)25/h3-8,24H,2H2,1H3,(H,23,25)/b12-5-. The van der Waals surface area contributed by atoms with Gasteiger partial charge in [-0.05, 0) is 64.8 Å². The first kappa shape index (κ1) is 19.1. The lowest BCUT2D eigenvalue weighted by Crippen LogP contribution is -2.17. The summed E-state index contributed by atoms with van der Waals surface area (Å²) in [6, 6.07) is 6.70. The van der Waals surface area contributed by atoms with Crippen LogP contribution in [0, 0.1) is 0 Å². The lowest BCUT2D eigenvalue weighted by molar-refractivity contribution is -0.274. The van der Waals surface area contributed by atoms with Gasteiger partial charge in [-0.15, -0.1) is 13.2 Å². The molecule has 2 aromatic carbocycles. The maximum atomic E-state index is 12.5. The Morgan fingerprint density at radius 2 is 2.00 bits per heavy atom. The highest BCUT2D eigenvalue weighted by molar-refractivity contribution is 9.10. The summed E-state index contributed by atoms with van der Waals surface area (Å²) in [5, 5.41) is 12.6. The predicted molar refractivity (Wildman–Crippen MR) is 96.6 cm³/mol. The molecule has 0 bridgehead atoms. The van der Waals surface area contributed by atoms with Crippen LogP contribution in [-0.2, 0) is 4.79 Å². The summed E-state index contributed by atoms with van der Waals surface area (Å²) in [5.74, 6) is -0.760. The molecule has 3 rings (SSSR count). The van der Waals surface area contributed by atoms with Crippen molar-refractivity contribution in [1.29, 1.82) is 0 Å². The Hall–Kier alpha value is -2.68. The zero-order valence-corrected chi connectivity index (χ0v) is 15.4. The summed E-state index contributed by atoms with van der Waals surface area (Å²) in [7, 11) is 0. The number of fused-ring (bicyclic) bond motifs is 1. The summed E-state index contributed by atoms with van der Waals surface area (Å²) < 4.78 is 47.0. The van der Waals surface area contributed by atoms with Crippen LogP contribution in [0.25, 0.3) is 11.6 Å². The molecule has 0 aliphatic carbocycles. The molecule has 1 amide bonds. The molecule has 1 aliphatic rings. The highest BCUT2D eigenvalue weighted by Gasteiger charge is 2.32. The van der Waals surface area contributed by atoms with E-state index in [0.29, 0.717) is 22.3 Å². The minimum Gasteiger partial charge on any atom is -0.503 e.